The lowest BCUT2D eigenvalue weighted by Crippen LogP contribution is -2.38. The van der Waals surface area contributed by atoms with Crippen molar-refractivity contribution < 1.29 is 19.0 Å². The Labute approximate surface area is 182 Å². The average molecular weight is 503 g/mol. The monoisotopic (exact) mass is 503 g/mol. The summed E-state index contributed by atoms with van der Waals surface area (Å²) in [6, 6.07) is 8.20. The Bertz CT molecular complexity index is 831. The minimum Gasteiger partial charge on any atom is -0.505 e. The number of hydrogen-bond donors (Lipinski definition) is 2. The molecule has 0 radical (unpaired) electrons. The normalized spacial score (nSPS) is 10.9. The van der Waals surface area contributed by atoms with Crippen LogP contribution < -0.4 is 14.8 Å². The summed E-state index contributed by atoms with van der Waals surface area (Å²) < 4.78 is 24.2. The van der Waals surface area contributed by atoms with E-state index in [9.17, 15) is 9.50 Å². The van der Waals surface area contributed by atoms with Crippen molar-refractivity contribution in [2.45, 2.75) is 20.0 Å². The number of halogens is 2. The van der Waals surface area contributed by atoms with Gasteiger partial charge < -0.3 is 24.8 Å². The standard InChI is InChI=1S/C20H26FN3O3.HI/c1-13-8-18(26-4)19(27-5)10-15(13)12-24(3)20(22-2)23-11-14-6-7-17(25)16(21)9-14;/h6-10,25H,11-12H2,1-5H3,(H,22,23);1H. The van der Waals surface area contributed by atoms with E-state index in [1.165, 1.54) is 12.1 Å². The highest BCUT2D eigenvalue weighted by Gasteiger charge is 2.13. The lowest BCUT2D eigenvalue weighted by atomic mass is 10.1. The first-order valence-electron chi connectivity index (χ1n) is 8.50. The summed E-state index contributed by atoms with van der Waals surface area (Å²) in [6.07, 6.45) is 0. The number of phenolic OH excluding ortho intramolecular Hbond substituents is 1. The number of methoxy groups -OCH3 is 2. The molecule has 2 rings (SSSR count). The second-order valence-electron chi connectivity index (χ2n) is 6.18. The van der Waals surface area contributed by atoms with Gasteiger partial charge in [0.25, 0.3) is 0 Å². The molecule has 0 spiro atoms. The van der Waals surface area contributed by atoms with E-state index in [2.05, 4.69) is 10.3 Å². The third kappa shape index (κ3) is 5.88. The number of ether oxygens (including phenoxy) is 2. The molecule has 0 bridgehead atoms. The third-order valence-electron chi connectivity index (χ3n) is 4.29. The summed E-state index contributed by atoms with van der Waals surface area (Å²) in [5, 5.41) is 12.5. The molecular formula is C20H27FIN3O3. The van der Waals surface area contributed by atoms with Crippen LogP contribution in [0.4, 0.5) is 4.39 Å². The fraction of sp³-hybridized carbons (Fsp3) is 0.350. The molecule has 0 saturated heterocycles. The van der Waals surface area contributed by atoms with E-state index >= 15 is 0 Å². The highest BCUT2D eigenvalue weighted by atomic mass is 127. The van der Waals surface area contributed by atoms with Crippen molar-refractivity contribution in [2.24, 2.45) is 4.99 Å². The fourth-order valence-electron chi connectivity index (χ4n) is 2.75. The van der Waals surface area contributed by atoms with Crippen molar-refractivity contribution in [3.8, 4) is 17.2 Å². The van der Waals surface area contributed by atoms with Crippen molar-refractivity contribution in [1.82, 2.24) is 10.2 Å². The summed E-state index contributed by atoms with van der Waals surface area (Å²) in [6.45, 7) is 3.01. The third-order valence-corrected chi connectivity index (χ3v) is 4.29. The molecule has 0 saturated carbocycles. The average Bonchev–Trinajstić information content (AvgIpc) is 2.66. The topological polar surface area (TPSA) is 66.3 Å². The van der Waals surface area contributed by atoms with Gasteiger partial charge in [-0.25, -0.2) is 4.39 Å². The molecule has 0 atom stereocenters. The number of guanidine groups is 1. The van der Waals surface area contributed by atoms with Crippen LogP contribution in [0.25, 0.3) is 0 Å². The van der Waals surface area contributed by atoms with Crippen LogP contribution >= 0.6 is 24.0 Å². The van der Waals surface area contributed by atoms with Gasteiger partial charge in [0.1, 0.15) is 0 Å². The number of rotatable bonds is 6. The van der Waals surface area contributed by atoms with E-state index in [0.29, 0.717) is 36.1 Å². The lowest BCUT2D eigenvalue weighted by Gasteiger charge is -2.24. The zero-order valence-corrected chi connectivity index (χ0v) is 19.1. The van der Waals surface area contributed by atoms with Crippen molar-refractivity contribution in [3.63, 3.8) is 0 Å². The number of aliphatic imine (C=N–C) groups is 1. The summed E-state index contributed by atoms with van der Waals surface area (Å²) in [5.74, 6) is 1.03. The number of aromatic hydroxyl groups is 1. The number of nitrogens with zero attached hydrogens (tertiary/aromatic N) is 2. The Hall–Kier alpha value is -2.23. The molecule has 0 aromatic heterocycles. The first kappa shape index (κ1) is 23.8. The van der Waals surface area contributed by atoms with Crippen LogP contribution in [0.15, 0.2) is 35.3 Å². The van der Waals surface area contributed by atoms with Gasteiger partial charge in [-0.1, -0.05) is 6.07 Å². The van der Waals surface area contributed by atoms with Crippen LogP contribution in [0.2, 0.25) is 0 Å². The first-order valence-corrected chi connectivity index (χ1v) is 8.50. The minimum absolute atomic E-state index is 0. The summed E-state index contributed by atoms with van der Waals surface area (Å²) >= 11 is 0. The Morgan fingerprint density at radius 3 is 2.39 bits per heavy atom. The second kappa shape index (κ2) is 10.9. The predicted molar refractivity (Wildman–Crippen MR) is 119 cm³/mol. The van der Waals surface area contributed by atoms with Crippen LogP contribution in [-0.4, -0.2) is 44.3 Å². The minimum atomic E-state index is -0.640. The summed E-state index contributed by atoms with van der Waals surface area (Å²) in [5.41, 5.74) is 2.87. The van der Waals surface area contributed by atoms with Crippen molar-refractivity contribution in [2.75, 3.05) is 28.3 Å². The summed E-state index contributed by atoms with van der Waals surface area (Å²) in [7, 11) is 6.83. The van der Waals surface area contributed by atoms with E-state index in [1.54, 1.807) is 27.3 Å². The SMILES string of the molecule is CN=C(NCc1ccc(O)c(F)c1)N(C)Cc1cc(OC)c(OC)cc1C.I. The molecule has 2 aromatic carbocycles. The van der Waals surface area contributed by atoms with Gasteiger partial charge in [0.05, 0.1) is 14.2 Å². The Kier molecular flexibility index (Phi) is 9.30. The zero-order valence-electron chi connectivity index (χ0n) is 16.7. The van der Waals surface area contributed by atoms with E-state index in [0.717, 1.165) is 11.1 Å². The van der Waals surface area contributed by atoms with E-state index < -0.39 is 5.82 Å². The summed E-state index contributed by atoms with van der Waals surface area (Å²) in [4.78, 5) is 6.24. The van der Waals surface area contributed by atoms with Gasteiger partial charge in [0.2, 0.25) is 0 Å². The molecule has 0 aliphatic rings. The van der Waals surface area contributed by atoms with Crippen molar-refractivity contribution in [3.05, 3.63) is 52.8 Å². The van der Waals surface area contributed by atoms with Crippen molar-refractivity contribution in [1.29, 1.82) is 0 Å². The van der Waals surface area contributed by atoms with Crippen LogP contribution in [0.3, 0.4) is 0 Å². The zero-order chi connectivity index (χ0) is 20.0. The predicted octanol–water partition coefficient (Wildman–Crippen LogP) is 3.68. The van der Waals surface area contributed by atoms with Gasteiger partial charge in [-0.05, 0) is 47.9 Å². The molecule has 0 aliphatic heterocycles. The maximum absolute atomic E-state index is 13.5. The molecule has 0 aliphatic carbocycles. The molecular weight excluding hydrogens is 476 g/mol. The molecule has 2 N–H and O–H groups in total. The highest BCUT2D eigenvalue weighted by Crippen LogP contribution is 2.30. The van der Waals surface area contributed by atoms with Crippen LogP contribution in [0.1, 0.15) is 16.7 Å². The molecule has 154 valence electrons. The lowest BCUT2D eigenvalue weighted by molar-refractivity contribution is 0.353. The fourth-order valence-corrected chi connectivity index (χ4v) is 2.75. The van der Waals surface area contributed by atoms with E-state index in [-0.39, 0.29) is 29.7 Å². The molecule has 8 heteroatoms. The largest absolute Gasteiger partial charge is 0.505 e. The second-order valence-corrected chi connectivity index (χ2v) is 6.18. The highest BCUT2D eigenvalue weighted by molar-refractivity contribution is 14.0. The maximum Gasteiger partial charge on any atom is 0.193 e. The molecule has 0 heterocycles. The number of hydrogen-bond acceptors (Lipinski definition) is 4. The molecule has 0 unspecified atom stereocenters. The Morgan fingerprint density at radius 2 is 1.82 bits per heavy atom. The molecule has 0 amide bonds. The molecule has 6 nitrogen and oxygen atoms in total. The molecule has 28 heavy (non-hydrogen) atoms. The van der Waals surface area contributed by atoms with Crippen LogP contribution in [0, 0.1) is 12.7 Å². The quantitative estimate of drug-likeness (QED) is 0.358. The van der Waals surface area contributed by atoms with Gasteiger partial charge >= 0.3 is 0 Å². The first-order chi connectivity index (χ1) is 12.9. The van der Waals surface area contributed by atoms with Gasteiger partial charge in [0, 0.05) is 27.2 Å². The smallest absolute Gasteiger partial charge is 0.193 e. The van der Waals surface area contributed by atoms with Gasteiger partial charge in [-0.15, -0.1) is 24.0 Å². The van der Waals surface area contributed by atoms with Crippen molar-refractivity contribution >= 4 is 29.9 Å². The number of benzene rings is 2. The van der Waals surface area contributed by atoms with Crippen LogP contribution in [0.5, 0.6) is 17.2 Å². The van der Waals surface area contributed by atoms with E-state index in [4.69, 9.17) is 9.47 Å². The number of phenols is 1. The van der Waals surface area contributed by atoms with E-state index in [1.807, 2.05) is 31.0 Å². The maximum atomic E-state index is 13.5. The number of nitrogens with one attached hydrogen (secondary N) is 1. The van der Waals surface area contributed by atoms with Gasteiger partial charge in [0.15, 0.2) is 29.0 Å². The Balaban J connectivity index is 0.00000392. The molecule has 2 aromatic rings. The van der Waals surface area contributed by atoms with Gasteiger partial charge in [-0.3, -0.25) is 4.99 Å². The molecule has 0 fully saturated rings. The number of aryl methyl sites for hydroxylation is 1. The van der Waals surface area contributed by atoms with Gasteiger partial charge in [-0.2, -0.15) is 0 Å². The Morgan fingerprint density at radius 1 is 1.18 bits per heavy atom. The van der Waals surface area contributed by atoms with Crippen LogP contribution in [-0.2, 0) is 13.1 Å².